The Bertz CT molecular complexity index is 517. The van der Waals surface area contributed by atoms with Gasteiger partial charge in [-0.2, -0.15) is 0 Å². The number of nitrogens with zero attached hydrogens (tertiary/aromatic N) is 1. The van der Waals surface area contributed by atoms with Crippen LogP contribution in [-0.2, 0) is 15.9 Å². The average molecular weight is 507 g/mol. The van der Waals surface area contributed by atoms with Crippen molar-refractivity contribution in [3.05, 3.63) is 24.2 Å². The highest BCUT2D eigenvalue weighted by Crippen LogP contribution is 2.41. The molecule has 1 saturated carbocycles. The zero-order valence-electron chi connectivity index (χ0n) is 17.5. The van der Waals surface area contributed by atoms with Gasteiger partial charge in [0.05, 0.1) is 6.26 Å². The first-order valence-electron chi connectivity index (χ1n) is 10.4. The maximum absolute atomic E-state index is 5.42. The number of methoxy groups -OCH3 is 1. The molecule has 7 heteroatoms. The zero-order chi connectivity index (χ0) is 19.2. The summed E-state index contributed by atoms with van der Waals surface area (Å²) in [5, 5.41) is 6.91. The molecular formula is C21H38IN3O3. The molecule has 28 heavy (non-hydrogen) atoms. The summed E-state index contributed by atoms with van der Waals surface area (Å²) < 4.78 is 16.2. The molecule has 1 aliphatic rings. The Morgan fingerprint density at radius 2 is 2.00 bits per heavy atom. The van der Waals surface area contributed by atoms with Crippen LogP contribution in [0.5, 0.6) is 0 Å². The van der Waals surface area contributed by atoms with E-state index in [0.29, 0.717) is 5.41 Å². The number of furan rings is 1. The van der Waals surface area contributed by atoms with E-state index in [-0.39, 0.29) is 24.0 Å². The first-order valence-corrected chi connectivity index (χ1v) is 10.4. The number of guanidine groups is 1. The third-order valence-electron chi connectivity index (χ3n) is 5.28. The highest BCUT2D eigenvalue weighted by molar-refractivity contribution is 14.0. The SMILES string of the molecule is CCOCCCNC(=NCC1(CCOC)CCCC1)NCCc1ccco1.I. The second-order valence-electron chi connectivity index (χ2n) is 7.35. The highest BCUT2D eigenvalue weighted by Gasteiger charge is 2.33. The standard InChI is InChI=1S/C21H37N3O3.HI/c1-3-26-15-7-13-22-20(23-14-9-19-8-6-16-27-19)24-18-21(12-17-25-2)10-4-5-11-21;/h6,8,16H,3-5,7,9-15,17-18H2,1-2H3,(H2,22,23,24);1H. The van der Waals surface area contributed by atoms with E-state index in [1.165, 1.54) is 25.7 Å². The van der Waals surface area contributed by atoms with Gasteiger partial charge < -0.3 is 24.5 Å². The van der Waals surface area contributed by atoms with Gasteiger partial charge in [0.2, 0.25) is 0 Å². The van der Waals surface area contributed by atoms with Gasteiger partial charge in [0.15, 0.2) is 5.96 Å². The van der Waals surface area contributed by atoms with E-state index in [9.17, 15) is 0 Å². The first kappa shape index (κ1) is 25.2. The molecule has 0 atom stereocenters. The third-order valence-corrected chi connectivity index (χ3v) is 5.28. The molecule has 2 N–H and O–H groups in total. The van der Waals surface area contributed by atoms with Gasteiger partial charge in [-0.15, -0.1) is 24.0 Å². The summed E-state index contributed by atoms with van der Waals surface area (Å²) in [4.78, 5) is 4.93. The fourth-order valence-electron chi connectivity index (χ4n) is 3.64. The Morgan fingerprint density at radius 3 is 2.68 bits per heavy atom. The predicted octanol–water partition coefficient (Wildman–Crippen LogP) is 4.00. The molecule has 0 unspecified atom stereocenters. The molecule has 0 saturated heterocycles. The van der Waals surface area contributed by atoms with Gasteiger partial charge in [-0.05, 0) is 50.2 Å². The lowest BCUT2D eigenvalue weighted by atomic mass is 9.83. The van der Waals surface area contributed by atoms with E-state index < -0.39 is 0 Å². The van der Waals surface area contributed by atoms with E-state index in [4.69, 9.17) is 18.9 Å². The number of rotatable bonds is 13. The molecule has 0 aromatic carbocycles. The minimum Gasteiger partial charge on any atom is -0.469 e. The molecule has 0 aliphatic heterocycles. The lowest BCUT2D eigenvalue weighted by Crippen LogP contribution is -2.40. The smallest absolute Gasteiger partial charge is 0.191 e. The van der Waals surface area contributed by atoms with Crippen LogP contribution in [0.2, 0.25) is 0 Å². The largest absolute Gasteiger partial charge is 0.469 e. The quantitative estimate of drug-likeness (QED) is 0.183. The Morgan fingerprint density at radius 1 is 1.21 bits per heavy atom. The van der Waals surface area contributed by atoms with Crippen molar-refractivity contribution in [1.29, 1.82) is 0 Å². The summed E-state index contributed by atoms with van der Waals surface area (Å²) in [5.74, 6) is 1.88. The number of aliphatic imine (C=N–C) groups is 1. The molecule has 0 bridgehead atoms. The van der Waals surface area contributed by atoms with Crippen molar-refractivity contribution in [2.45, 2.75) is 51.9 Å². The van der Waals surface area contributed by atoms with Crippen molar-refractivity contribution in [1.82, 2.24) is 10.6 Å². The number of hydrogen-bond donors (Lipinski definition) is 2. The Kier molecular flexibility index (Phi) is 13.6. The molecule has 162 valence electrons. The number of halogens is 1. The van der Waals surface area contributed by atoms with Crippen LogP contribution in [0.15, 0.2) is 27.8 Å². The number of hydrogen-bond acceptors (Lipinski definition) is 4. The molecule has 2 rings (SSSR count). The molecule has 0 amide bonds. The van der Waals surface area contributed by atoms with Crippen LogP contribution in [0.25, 0.3) is 0 Å². The topological polar surface area (TPSA) is 68.0 Å². The van der Waals surface area contributed by atoms with Gasteiger partial charge in [-0.1, -0.05) is 12.8 Å². The van der Waals surface area contributed by atoms with Gasteiger partial charge in [0, 0.05) is 53.0 Å². The van der Waals surface area contributed by atoms with E-state index in [1.54, 1.807) is 13.4 Å². The van der Waals surface area contributed by atoms with Crippen LogP contribution in [0.4, 0.5) is 0 Å². The predicted molar refractivity (Wildman–Crippen MR) is 125 cm³/mol. The normalized spacial score (nSPS) is 16.0. The minimum atomic E-state index is 0. The van der Waals surface area contributed by atoms with Crippen molar-refractivity contribution in [2.24, 2.45) is 10.4 Å². The van der Waals surface area contributed by atoms with E-state index in [0.717, 1.165) is 70.4 Å². The Labute approximate surface area is 187 Å². The van der Waals surface area contributed by atoms with Gasteiger partial charge in [-0.25, -0.2) is 0 Å². The molecular weight excluding hydrogens is 469 g/mol. The highest BCUT2D eigenvalue weighted by atomic mass is 127. The van der Waals surface area contributed by atoms with Crippen molar-refractivity contribution >= 4 is 29.9 Å². The van der Waals surface area contributed by atoms with Crippen LogP contribution < -0.4 is 10.6 Å². The Hall–Kier alpha value is -0.800. The summed E-state index contributed by atoms with van der Waals surface area (Å²) in [6.07, 6.45) is 9.76. The lowest BCUT2D eigenvalue weighted by molar-refractivity contribution is 0.141. The molecule has 1 heterocycles. The van der Waals surface area contributed by atoms with Crippen LogP contribution in [0, 0.1) is 5.41 Å². The Balaban J connectivity index is 0.00000392. The summed E-state index contributed by atoms with van der Waals surface area (Å²) in [6, 6.07) is 3.93. The van der Waals surface area contributed by atoms with Crippen molar-refractivity contribution in [3.63, 3.8) is 0 Å². The van der Waals surface area contributed by atoms with Crippen molar-refractivity contribution in [2.75, 3.05) is 46.6 Å². The fourth-order valence-corrected chi connectivity index (χ4v) is 3.64. The van der Waals surface area contributed by atoms with Crippen molar-refractivity contribution in [3.8, 4) is 0 Å². The zero-order valence-corrected chi connectivity index (χ0v) is 19.8. The van der Waals surface area contributed by atoms with Gasteiger partial charge in [0.1, 0.15) is 5.76 Å². The van der Waals surface area contributed by atoms with Crippen LogP contribution in [0.1, 0.15) is 51.2 Å². The molecule has 1 aromatic heterocycles. The monoisotopic (exact) mass is 507 g/mol. The molecule has 0 spiro atoms. The maximum atomic E-state index is 5.42. The van der Waals surface area contributed by atoms with Gasteiger partial charge in [-0.3, -0.25) is 4.99 Å². The van der Waals surface area contributed by atoms with E-state index in [2.05, 4.69) is 10.6 Å². The second-order valence-corrected chi connectivity index (χ2v) is 7.35. The average Bonchev–Trinajstić information content (AvgIpc) is 3.36. The van der Waals surface area contributed by atoms with Crippen LogP contribution in [0.3, 0.4) is 0 Å². The number of nitrogens with one attached hydrogen (secondary N) is 2. The first-order chi connectivity index (χ1) is 13.3. The fraction of sp³-hybridized carbons (Fsp3) is 0.762. The molecule has 1 fully saturated rings. The van der Waals surface area contributed by atoms with Gasteiger partial charge >= 0.3 is 0 Å². The molecule has 1 aliphatic carbocycles. The van der Waals surface area contributed by atoms with E-state index in [1.807, 2.05) is 19.1 Å². The molecule has 6 nitrogen and oxygen atoms in total. The van der Waals surface area contributed by atoms with Crippen LogP contribution in [-0.4, -0.2) is 52.5 Å². The maximum Gasteiger partial charge on any atom is 0.191 e. The lowest BCUT2D eigenvalue weighted by Gasteiger charge is -2.27. The van der Waals surface area contributed by atoms with Gasteiger partial charge in [0.25, 0.3) is 0 Å². The van der Waals surface area contributed by atoms with Crippen LogP contribution >= 0.6 is 24.0 Å². The van der Waals surface area contributed by atoms with E-state index >= 15 is 0 Å². The third kappa shape index (κ3) is 9.60. The minimum absolute atomic E-state index is 0. The second kappa shape index (κ2) is 15.1. The number of ether oxygens (including phenoxy) is 2. The molecule has 1 aromatic rings. The summed E-state index contributed by atoms with van der Waals surface area (Å²) >= 11 is 0. The van der Waals surface area contributed by atoms with Crippen molar-refractivity contribution < 1.29 is 13.9 Å². The molecule has 0 radical (unpaired) electrons. The summed E-state index contributed by atoms with van der Waals surface area (Å²) in [7, 11) is 1.79. The summed E-state index contributed by atoms with van der Waals surface area (Å²) in [5.41, 5.74) is 0.303. The summed E-state index contributed by atoms with van der Waals surface area (Å²) in [6.45, 7) is 6.91.